The van der Waals surface area contributed by atoms with Crippen LogP contribution in [0.15, 0.2) is 65.5 Å². The molecule has 3 aromatic rings. The summed E-state index contributed by atoms with van der Waals surface area (Å²) in [4.78, 5) is 18.6. The van der Waals surface area contributed by atoms with Gasteiger partial charge in [0.25, 0.3) is 5.56 Å². The Bertz CT molecular complexity index is 907. The van der Waals surface area contributed by atoms with Gasteiger partial charge in [0.05, 0.1) is 5.69 Å². The third-order valence-corrected chi connectivity index (χ3v) is 3.16. The first kappa shape index (κ1) is 16.6. The number of H-pyrrole nitrogens is 1. The summed E-state index contributed by atoms with van der Waals surface area (Å²) in [7, 11) is 0. The largest absolute Gasteiger partial charge is 0.573 e. The van der Waals surface area contributed by atoms with Gasteiger partial charge < -0.3 is 10.1 Å². The number of benzene rings is 2. The number of anilines is 2. The number of hydrogen-bond acceptors (Lipinski definition) is 4. The van der Waals surface area contributed by atoms with Gasteiger partial charge in [-0.2, -0.15) is 0 Å². The van der Waals surface area contributed by atoms with Crippen LogP contribution >= 0.6 is 0 Å². The summed E-state index contributed by atoms with van der Waals surface area (Å²) in [6.07, 6.45) is -4.74. The minimum Gasteiger partial charge on any atom is -0.406 e. The molecular weight excluding hydrogens is 335 g/mol. The molecule has 1 aromatic heterocycles. The lowest BCUT2D eigenvalue weighted by molar-refractivity contribution is -0.274. The van der Waals surface area contributed by atoms with E-state index in [1.54, 1.807) is 0 Å². The van der Waals surface area contributed by atoms with E-state index >= 15 is 0 Å². The summed E-state index contributed by atoms with van der Waals surface area (Å²) in [6.45, 7) is 0. The second-order valence-corrected chi connectivity index (χ2v) is 5.04. The van der Waals surface area contributed by atoms with E-state index in [1.807, 2.05) is 30.3 Å². The first-order chi connectivity index (χ1) is 11.9. The van der Waals surface area contributed by atoms with Crippen LogP contribution in [0.3, 0.4) is 0 Å². The first-order valence-corrected chi connectivity index (χ1v) is 7.19. The zero-order valence-corrected chi connectivity index (χ0v) is 12.7. The molecule has 0 aliphatic rings. The lowest BCUT2D eigenvalue weighted by Gasteiger charge is -2.10. The predicted molar refractivity (Wildman–Crippen MR) is 86.7 cm³/mol. The van der Waals surface area contributed by atoms with Crippen LogP contribution in [0.4, 0.5) is 24.8 Å². The Labute approximate surface area is 140 Å². The Hall–Kier alpha value is -3.29. The molecule has 128 valence electrons. The molecule has 0 bridgehead atoms. The summed E-state index contributed by atoms with van der Waals surface area (Å²) >= 11 is 0. The average molecular weight is 347 g/mol. The van der Waals surface area contributed by atoms with E-state index < -0.39 is 6.36 Å². The fourth-order valence-corrected chi connectivity index (χ4v) is 2.15. The molecule has 0 aliphatic heterocycles. The Kier molecular flexibility index (Phi) is 4.42. The minimum absolute atomic E-state index is 0.177. The Morgan fingerprint density at radius 3 is 2.32 bits per heavy atom. The third-order valence-electron chi connectivity index (χ3n) is 3.16. The molecule has 3 rings (SSSR count). The topological polar surface area (TPSA) is 67.0 Å². The van der Waals surface area contributed by atoms with Gasteiger partial charge in [-0.25, -0.2) is 4.98 Å². The van der Waals surface area contributed by atoms with E-state index in [-0.39, 0.29) is 17.3 Å². The van der Waals surface area contributed by atoms with Gasteiger partial charge in [-0.15, -0.1) is 13.2 Å². The monoisotopic (exact) mass is 347 g/mol. The molecule has 0 unspecified atom stereocenters. The van der Waals surface area contributed by atoms with E-state index in [2.05, 4.69) is 20.0 Å². The van der Waals surface area contributed by atoms with Gasteiger partial charge in [0.2, 0.25) is 5.95 Å². The lowest BCUT2D eigenvalue weighted by Crippen LogP contribution is -2.17. The van der Waals surface area contributed by atoms with Crippen molar-refractivity contribution in [3.05, 3.63) is 71.0 Å². The van der Waals surface area contributed by atoms with Crippen molar-refractivity contribution in [1.29, 1.82) is 0 Å². The molecule has 0 amide bonds. The number of nitrogens with one attached hydrogen (secondary N) is 2. The number of aromatic amines is 1. The zero-order valence-electron chi connectivity index (χ0n) is 12.7. The highest BCUT2D eigenvalue weighted by molar-refractivity contribution is 5.62. The number of hydrogen-bond donors (Lipinski definition) is 2. The molecule has 5 nitrogen and oxygen atoms in total. The molecule has 0 saturated heterocycles. The predicted octanol–water partition coefficient (Wildman–Crippen LogP) is 4.08. The Morgan fingerprint density at radius 1 is 1.00 bits per heavy atom. The molecule has 0 aliphatic carbocycles. The maximum Gasteiger partial charge on any atom is 0.573 e. The van der Waals surface area contributed by atoms with Crippen molar-refractivity contribution in [3.63, 3.8) is 0 Å². The molecule has 8 heteroatoms. The molecule has 0 spiro atoms. The van der Waals surface area contributed by atoms with Crippen LogP contribution in [0, 0.1) is 0 Å². The second-order valence-electron chi connectivity index (χ2n) is 5.04. The average Bonchev–Trinajstić information content (AvgIpc) is 2.56. The fraction of sp³-hybridized carbons (Fsp3) is 0.0588. The van der Waals surface area contributed by atoms with Crippen molar-refractivity contribution in [3.8, 4) is 17.0 Å². The van der Waals surface area contributed by atoms with Gasteiger partial charge in [0, 0.05) is 17.3 Å². The first-order valence-electron chi connectivity index (χ1n) is 7.19. The van der Waals surface area contributed by atoms with Crippen molar-refractivity contribution < 1.29 is 17.9 Å². The third kappa shape index (κ3) is 4.60. The Morgan fingerprint density at radius 2 is 1.68 bits per heavy atom. The SMILES string of the molecule is O=c1cc(-c2ccccc2)nc(Nc2ccc(OC(F)(F)F)cc2)[nH]1. The summed E-state index contributed by atoms with van der Waals surface area (Å²) in [5, 5.41) is 2.84. The van der Waals surface area contributed by atoms with E-state index in [1.165, 1.54) is 18.2 Å². The van der Waals surface area contributed by atoms with Crippen LogP contribution in [0.2, 0.25) is 0 Å². The quantitative estimate of drug-likeness (QED) is 0.746. The van der Waals surface area contributed by atoms with Crippen LogP contribution in [-0.2, 0) is 0 Å². The van der Waals surface area contributed by atoms with Gasteiger partial charge in [-0.1, -0.05) is 30.3 Å². The number of ether oxygens (including phenoxy) is 1. The minimum atomic E-state index is -4.74. The van der Waals surface area contributed by atoms with Crippen molar-refractivity contribution in [2.24, 2.45) is 0 Å². The van der Waals surface area contributed by atoms with E-state index in [4.69, 9.17) is 0 Å². The van der Waals surface area contributed by atoms with Crippen LogP contribution < -0.4 is 15.6 Å². The van der Waals surface area contributed by atoms with Crippen LogP contribution in [0.25, 0.3) is 11.3 Å². The van der Waals surface area contributed by atoms with E-state index in [9.17, 15) is 18.0 Å². The molecule has 0 atom stereocenters. The van der Waals surface area contributed by atoms with Crippen molar-refractivity contribution in [2.45, 2.75) is 6.36 Å². The van der Waals surface area contributed by atoms with Gasteiger partial charge in [0.1, 0.15) is 5.75 Å². The maximum atomic E-state index is 12.2. The normalized spacial score (nSPS) is 11.2. The standard InChI is InChI=1S/C17H12F3N3O2/c18-17(19,20)25-13-8-6-12(7-9-13)21-16-22-14(10-15(24)23-16)11-4-2-1-3-5-11/h1-10H,(H2,21,22,23,24). The van der Waals surface area contributed by atoms with Gasteiger partial charge in [0.15, 0.2) is 0 Å². The lowest BCUT2D eigenvalue weighted by atomic mass is 10.1. The smallest absolute Gasteiger partial charge is 0.406 e. The summed E-state index contributed by atoms with van der Waals surface area (Å²) in [5.41, 5.74) is 1.34. The molecule has 25 heavy (non-hydrogen) atoms. The molecule has 0 fully saturated rings. The van der Waals surface area contributed by atoms with E-state index in [0.717, 1.165) is 17.7 Å². The molecule has 2 N–H and O–H groups in total. The molecule has 0 radical (unpaired) electrons. The number of alkyl halides is 3. The van der Waals surface area contributed by atoms with Crippen molar-refractivity contribution in [2.75, 3.05) is 5.32 Å². The van der Waals surface area contributed by atoms with Gasteiger partial charge in [-0.3, -0.25) is 9.78 Å². The van der Waals surface area contributed by atoms with Crippen LogP contribution in [0.5, 0.6) is 5.75 Å². The van der Waals surface area contributed by atoms with Crippen molar-refractivity contribution >= 4 is 11.6 Å². The number of halogens is 3. The highest BCUT2D eigenvalue weighted by atomic mass is 19.4. The summed E-state index contributed by atoms with van der Waals surface area (Å²) in [6, 6.07) is 15.6. The molecule has 0 saturated carbocycles. The highest BCUT2D eigenvalue weighted by Gasteiger charge is 2.30. The van der Waals surface area contributed by atoms with Gasteiger partial charge >= 0.3 is 6.36 Å². The van der Waals surface area contributed by atoms with Crippen LogP contribution in [0.1, 0.15) is 0 Å². The maximum absolute atomic E-state index is 12.2. The number of aromatic nitrogens is 2. The molecule has 1 heterocycles. The number of nitrogens with zero attached hydrogens (tertiary/aromatic N) is 1. The van der Waals surface area contributed by atoms with Gasteiger partial charge in [-0.05, 0) is 24.3 Å². The molecular formula is C17H12F3N3O2. The summed E-state index contributed by atoms with van der Waals surface area (Å²) < 4.78 is 40.3. The summed E-state index contributed by atoms with van der Waals surface area (Å²) in [5.74, 6) is -0.159. The number of rotatable bonds is 4. The Balaban J connectivity index is 1.81. The fourth-order valence-electron chi connectivity index (χ4n) is 2.15. The highest BCUT2D eigenvalue weighted by Crippen LogP contribution is 2.25. The zero-order chi connectivity index (χ0) is 17.9. The second kappa shape index (κ2) is 6.68. The molecule has 2 aromatic carbocycles. The van der Waals surface area contributed by atoms with E-state index in [0.29, 0.717) is 11.4 Å². The van der Waals surface area contributed by atoms with Crippen LogP contribution in [-0.4, -0.2) is 16.3 Å². The van der Waals surface area contributed by atoms with Crippen molar-refractivity contribution in [1.82, 2.24) is 9.97 Å².